The number of cyclic esters (lactones) is 1. The van der Waals surface area contributed by atoms with Gasteiger partial charge in [0.25, 0.3) is 0 Å². The SMILES string of the molecule is [N-]=[N+]=NC=C1C2COC(=O)C12. The summed E-state index contributed by atoms with van der Waals surface area (Å²) in [6.07, 6.45) is 1.41. The zero-order valence-electron chi connectivity index (χ0n) is 5.60. The molecule has 11 heavy (non-hydrogen) atoms. The van der Waals surface area contributed by atoms with E-state index in [1.54, 1.807) is 0 Å². The van der Waals surface area contributed by atoms with Gasteiger partial charge < -0.3 is 4.74 Å². The molecule has 1 saturated heterocycles. The van der Waals surface area contributed by atoms with Gasteiger partial charge in [-0.25, -0.2) is 0 Å². The molecule has 5 nitrogen and oxygen atoms in total. The number of hydrogen-bond acceptors (Lipinski definition) is 3. The molecule has 2 fully saturated rings. The van der Waals surface area contributed by atoms with Crippen LogP contribution in [0.25, 0.3) is 10.4 Å². The van der Waals surface area contributed by atoms with Crippen molar-refractivity contribution in [3.8, 4) is 0 Å². The molecule has 56 valence electrons. The molecule has 2 aliphatic rings. The van der Waals surface area contributed by atoms with E-state index in [0.29, 0.717) is 6.61 Å². The van der Waals surface area contributed by atoms with E-state index in [1.807, 2.05) is 0 Å². The molecule has 1 saturated carbocycles. The Morgan fingerprint density at radius 1 is 1.82 bits per heavy atom. The second-order valence-electron chi connectivity index (χ2n) is 2.55. The fraction of sp³-hybridized carbons (Fsp3) is 0.500. The third-order valence-corrected chi connectivity index (χ3v) is 2.00. The van der Waals surface area contributed by atoms with Gasteiger partial charge in [0, 0.05) is 17.0 Å². The van der Waals surface area contributed by atoms with Crippen LogP contribution in [0, 0.1) is 11.8 Å². The molecule has 0 aromatic heterocycles. The summed E-state index contributed by atoms with van der Waals surface area (Å²) < 4.78 is 4.71. The molecule has 0 bridgehead atoms. The number of fused-ring (bicyclic) bond motifs is 1. The number of hydrogen-bond donors (Lipinski definition) is 0. The molecule has 2 unspecified atom stereocenters. The predicted molar refractivity (Wildman–Crippen MR) is 35.2 cm³/mol. The predicted octanol–water partition coefficient (Wildman–Crippen LogP) is 0.983. The van der Waals surface area contributed by atoms with Crippen LogP contribution < -0.4 is 0 Å². The normalized spacial score (nSPS) is 36.0. The first kappa shape index (κ1) is 6.24. The van der Waals surface area contributed by atoms with Crippen molar-refractivity contribution >= 4 is 5.97 Å². The molecule has 0 radical (unpaired) electrons. The van der Waals surface area contributed by atoms with Crippen LogP contribution >= 0.6 is 0 Å². The summed E-state index contributed by atoms with van der Waals surface area (Å²) in [6, 6.07) is 0. The highest BCUT2D eigenvalue weighted by molar-refractivity contribution is 5.84. The van der Waals surface area contributed by atoms with Crippen molar-refractivity contribution in [3.05, 3.63) is 22.2 Å². The zero-order chi connectivity index (χ0) is 7.84. The molecule has 0 amide bonds. The summed E-state index contributed by atoms with van der Waals surface area (Å²) in [5.74, 6) is -0.0807. The molecule has 0 N–H and O–H groups in total. The average molecular weight is 151 g/mol. The number of esters is 1. The Labute approximate surface area is 62.3 Å². The van der Waals surface area contributed by atoms with E-state index >= 15 is 0 Å². The molecule has 0 aromatic rings. The Balaban J connectivity index is 2.15. The first-order chi connectivity index (χ1) is 5.34. The topological polar surface area (TPSA) is 75.1 Å². The lowest BCUT2D eigenvalue weighted by Gasteiger charge is -1.92. The Morgan fingerprint density at radius 2 is 2.64 bits per heavy atom. The minimum atomic E-state index is -0.186. The van der Waals surface area contributed by atoms with Crippen molar-refractivity contribution in [2.75, 3.05) is 6.61 Å². The van der Waals surface area contributed by atoms with E-state index in [4.69, 9.17) is 10.3 Å². The van der Waals surface area contributed by atoms with E-state index in [-0.39, 0.29) is 17.8 Å². The largest absolute Gasteiger partial charge is 0.465 e. The average Bonchev–Trinajstić information content (AvgIpc) is 2.58. The van der Waals surface area contributed by atoms with Gasteiger partial charge in [0.05, 0.1) is 12.5 Å². The lowest BCUT2D eigenvalue weighted by atomic mass is 10.4. The summed E-state index contributed by atoms with van der Waals surface area (Å²) in [7, 11) is 0. The number of azide groups is 1. The van der Waals surface area contributed by atoms with Gasteiger partial charge in [-0.2, -0.15) is 0 Å². The molecule has 5 heteroatoms. The monoisotopic (exact) mass is 151 g/mol. The second-order valence-corrected chi connectivity index (χ2v) is 2.55. The fourth-order valence-corrected chi connectivity index (χ4v) is 1.36. The maximum Gasteiger partial charge on any atom is 0.313 e. The number of carbonyl (C=O) groups is 1. The van der Waals surface area contributed by atoms with E-state index in [1.165, 1.54) is 6.20 Å². The fourth-order valence-electron chi connectivity index (χ4n) is 1.36. The van der Waals surface area contributed by atoms with Crippen molar-refractivity contribution in [2.45, 2.75) is 0 Å². The van der Waals surface area contributed by atoms with Crippen molar-refractivity contribution < 1.29 is 9.53 Å². The Hall–Kier alpha value is -1.48. The van der Waals surface area contributed by atoms with Gasteiger partial charge in [-0.05, 0) is 11.1 Å². The first-order valence-electron chi connectivity index (χ1n) is 3.25. The van der Waals surface area contributed by atoms with E-state index in [0.717, 1.165) is 5.57 Å². The third-order valence-electron chi connectivity index (χ3n) is 2.00. The van der Waals surface area contributed by atoms with Gasteiger partial charge in [-0.1, -0.05) is 5.11 Å². The van der Waals surface area contributed by atoms with Gasteiger partial charge in [0.1, 0.15) is 0 Å². The molecule has 0 aromatic carbocycles. The summed E-state index contributed by atoms with van der Waals surface area (Å²) >= 11 is 0. The van der Waals surface area contributed by atoms with Gasteiger partial charge in [-0.3, -0.25) is 4.79 Å². The molecule has 2 atom stereocenters. The zero-order valence-corrected chi connectivity index (χ0v) is 5.60. The van der Waals surface area contributed by atoms with Crippen molar-refractivity contribution in [1.82, 2.24) is 0 Å². The Morgan fingerprint density at radius 3 is 3.18 bits per heavy atom. The second kappa shape index (κ2) is 2.00. The van der Waals surface area contributed by atoms with Crippen LogP contribution in [-0.4, -0.2) is 12.6 Å². The van der Waals surface area contributed by atoms with Gasteiger partial charge in [-0.15, -0.1) is 0 Å². The van der Waals surface area contributed by atoms with Crippen LogP contribution in [-0.2, 0) is 9.53 Å². The highest BCUT2D eigenvalue weighted by atomic mass is 16.5. The minimum absolute atomic E-state index is 0.0968. The van der Waals surface area contributed by atoms with Crippen molar-refractivity contribution in [2.24, 2.45) is 17.0 Å². The van der Waals surface area contributed by atoms with Gasteiger partial charge >= 0.3 is 5.97 Å². The highest BCUT2D eigenvalue weighted by Gasteiger charge is 2.55. The Bertz CT molecular complexity index is 290. The molecule has 1 aliphatic carbocycles. The summed E-state index contributed by atoms with van der Waals surface area (Å²) in [4.78, 5) is 13.4. The van der Waals surface area contributed by atoms with E-state index < -0.39 is 0 Å². The summed E-state index contributed by atoms with van der Waals surface area (Å²) in [6.45, 7) is 0.455. The molecule has 2 rings (SSSR count). The molecule has 1 aliphatic heterocycles. The summed E-state index contributed by atoms with van der Waals surface area (Å²) in [5, 5.41) is 3.26. The van der Waals surface area contributed by atoms with Crippen LogP contribution in [0.2, 0.25) is 0 Å². The molecule has 1 heterocycles. The molecular weight excluding hydrogens is 146 g/mol. The standard InChI is InChI=1S/C6H5N3O2/c7-9-8-1-3-4-2-11-6(10)5(3)4/h1,4-5H,2H2. The minimum Gasteiger partial charge on any atom is -0.465 e. The first-order valence-corrected chi connectivity index (χ1v) is 3.25. The van der Waals surface area contributed by atoms with Crippen LogP contribution in [0.15, 0.2) is 16.9 Å². The van der Waals surface area contributed by atoms with Crippen molar-refractivity contribution in [1.29, 1.82) is 0 Å². The number of carbonyl (C=O) groups excluding carboxylic acids is 1. The number of nitrogens with zero attached hydrogens (tertiary/aromatic N) is 3. The van der Waals surface area contributed by atoms with Crippen LogP contribution in [0.1, 0.15) is 0 Å². The number of ether oxygens (including phenoxy) is 1. The quantitative estimate of drug-likeness (QED) is 0.242. The summed E-state index contributed by atoms with van der Waals surface area (Å²) in [5.41, 5.74) is 8.89. The molecular formula is C6H5N3O2. The van der Waals surface area contributed by atoms with Crippen LogP contribution in [0.4, 0.5) is 0 Å². The lowest BCUT2D eigenvalue weighted by Crippen LogP contribution is -1.99. The van der Waals surface area contributed by atoms with Crippen molar-refractivity contribution in [3.63, 3.8) is 0 Å². The maximum atomic E-state index is 10.8. The van der Waals surface area contributed by atoms with Crippen LogP contribution in [0.5, 0.6) is 0 Å². The highest BCUT2D eigenvalue weighted by Crippen LogP contribution is 2.50. The third kappa shape index (κ3) is 0.782. The Kier molecular flexibility index (Phi) is 1.14. The van der Waals surface area contributed by atoms with E-state index in [2.05, 4.69) is 10.0 Å². The van der Waals surface area contributed by atoms with Gasteiger partial charge in [0.15, 0.2) is 0 Å². The number of rotatable bonds is 1. The van der Waals surface area contributed by atoms with Crippen LogP contribution in [0.3, 0.4) is 0 Å². The maximum absolute atomic E-state index is 10.8. The smallest absolute Gasteiger partial charge is 0.313 e. The van der Waals surface area contributed by atoms with Gasteiger partial charge in [0.2, 0.25) is 0 Å². The van der Waals surface area contributed by atoms with E-state index in [9.17, 15) is 4.79 Å². The molecule has 0 spiro atoms. The lowest BCUT2D eigenvalue weighted by molar-refractivity contribution is -0.140.